The normalized spacial score (nSPS) is 14.5. The minimum atomic E-state index is -0.166. The van der Waals surface area contributed by atoms with Gasteiger partial charge in [-0.1, -0.05) is 25.9 Å². The Morgan fingerprint density at radius 1 is 1.50 bits per heavy atom. The predicted octanol–water partition coefficient (Wildman–Crippen LogP) is 0.807. The molecule has 0 aliphatic rings. The first-order chi connectivity index (χ1) is 4.52. The van der Waals surface area contributed by atoms with Gasteiger partial charge < -0.3 is 11.0 Å². The van der Waals surface area contributed by atoms with Crippen LogP contribution in [0.3, 0.4) is 0 Å². The van der Waals surface area contributed by atoms with Crippen LogP contribution in [0.25, 0.3) is 0 Å². The van der Waals surface area contributed by atoms with E-state index in [4.69, 9.17) is 11.0 Å². The third-order valence-electron chi connectivity index (χ3n) is 1.09. The molecule has 0 bridgehead atoms. The van der Waals surface area contributed by atoms with Gasteiger partial charge in [0.2, 0.25) is 0 Å². The molecule has 4 heteroatoms. The second kappa shape index (κ2) is 3.20. The molecule has 0 radical (unpaired) electrons. The van der Waals surface area contributed by atoms with E-state index in [2.05, 4.69) is 10.3 Å². The second-order valence-electron chi connectivity index (χ2n) is 3.01. The topological polar surface area (TPSA) is 71.0 Å². The van der Waals surface area contributed by atoms with Crippen LogP contribution in [-0.4, -0.2) is 17.1 Å². The Morgan fingerprint density at radius 2 is 2.00 bits per heavy atom. The molecule has 0 aliphatic heterocycles. The zero-order valence-corrected chi connectivity index (χ0v) is 6.50. The highest BCUT2D eigenvalue weighted by Gasteiger charge is 2.16. The molecule has 0 amide bonds. The van der Waals surface area contributed by atoms with Crippen molar-refractivity contribution < 1.29 is 5.21 Å². The maximum absolute atomic E-state index is 8.16. The number of hydrogen-bond donors (Lipinski definition) is 2. The van der Waals surface area contributed by atoms with Crippen molar-refractivity contribution in [1.29, 1.82) is 0 Å². The van der Waals surface area contributed by atoms with E-state index in [1.54, 1.807) is 0 Å². The van der Waals surface area contributed by atoms with Gasteiger partial charge in [0.25, 0.3) is 0 Å². The summed E-state index contributed by atoms with van der Waals surface area (Å²) in [5.74, 6) is 5.03. The summed E-state index contributed by atoms with van der Waals surface area (Å²) in [6.07, 6.45) is 1.24. The van der Waals surface area contributed by atoms with Crippen molar-refractivity contribution in [3.63, 3.8) is 0 Å². The predicted molar refractivity (Wildman–Crippen MR) is 41.4 cm³/mol. The second-order valence-corrected chi connectivity index (χ2v) is 3.01. The third kappa shape index (κ3) is 2.48. The quantitative estimate of drug-likeness (QED) is 0.247. The summed E-state index contributed by atoms with van der Waals surface area (Å²) in [5.41, 5.74) is 0.399. The van der Waals surface area contributed by atoms with Gasteiger partial charge in [0.1, 0.15) is 0 Å². The van der Waals surface area contributed by atoms with E-state index in [1.807, 2.05) is 20.8 Å². The fourth-order valence-electron chi connectivity index (χ4n) is 0.475. The average Bonchev–Trinajstić information content (AvgIpc) is 1.80. The molecular weight excluding hydrogens is 130 g/mol. The van der Waals surface area contributed by atoms with Gasteiger partial charge in [-0.3, -0.25) is 0 Å². The fourth-order valence-corrected chi connectivity index (χ4v) is 0.475. The molecule has 0 aliphatic carbocycles. The molecule has 0 saturated carbocycles. The molecule has 0 unspecified atom stereocenters. The van der Waals surface area contributed by atoms with Gasteiger partial charge in [0.15, 0.2) is 0 Å². The van der Waals surface area contributed by atoms with E-state index in [0.717, 1.165) is 0 Å². The van der Waals surface area contributed by atoms with Crippen LogP contribution in [-0.2, 0) is 0 Å². The number of nitrogens with two attached hydrogens (primary N) is 1. The zero-order valence-electron chi connectivity index (χ0n) is 6.50. The molecule has 0 atom stereocenters. The number of nitrogens with zero attached hydrogens (tertiary/aromatic N) is 2. The molecular formula is C6H13N3O. The maximum Gasteiger partial charge on any atom is 0.0899 e. The van der Waals surface area contributed by atoms with Crippen LogP contribution in [0.4, 0.5) is 0 Å². The van der Waals surface area contributed by atoms with Crippen molar-refractivity contribution in [3.05, 3.63) is 0 Å². The lowest BCUT2D eigenvalue weighted by Gasteiger charge is -2.15. The van der Waals surface area contributed by atoms with Gasteiger partial charge in [0, 0.05) is 5.41 Å². The molecule has 0 heterocycles. The van der Waals surface area contributed by atoms with E-state index in [1.165, 1.54) is 6.21 Å². The molecule has 0 rings (SSSR count). The third-order valence-corrected chi connectivity index (χ3v) is 1.09. The molecule has 0 aromatic carbocycles. The smallest absolute Gasteiger partial charge is 0.0899 e. The van der Waals surface area contributed by atoms with Gasteiger partial charge in [0.05, 0.1) is 11.9 Å². The van der Waals surface area contributed by atoms with E-state index in [0.29, 0.717) is 5.71 Å². The van der Waals surface area contributed by atoms with E-state index >= 15 is 0 Å². The minimum Gasteiger partial charge on any atom is -0.411 e. The highest BCUT2D eigenvalue weighted by molar-refractivity contribution is 6.32. The standard InChI is InChI=1S/C6H13N3O/c1-6(2,3)5(9-7)4-8-10/h4,10H,7H2,1-3H3/b8-4+,9-5+. The van der Waals surface area contributed by atoms with Crippen LogP contribution in [0, 0.1) is 5.41 Å². The van der Waals surface area contributed by atoms with Crippen LogP contribution in [0.5, 0.6) is 0 Å². The number of hydrogen-bond acceptors (Lipinski definition) is 4. The molecule has 0 aromatic rings. The molecule has 0 aromatic heterocycles. The highest BCUT2D eigenvalue weighted by atomic mass is 16.4. The minimum absolute atomic E-state index is 0.166. The molecule has 0 spiro atoms. The van der Waals surface area contributed by atoms with Crippen molar-refractivity contribution in [2.24, 2.45) is 21.5 Å². The van der Waals surface area contributed by atoms with Gasteiger partial charge >= 0.3 is 0 Å². The first-order valence-electron chi connectivity index (χ1n) is 2.98. The molecule has 0 saturated heterocycles. The summed E-state index contributed by atoms with van der Waals surface area (Å²) < 4.78 is 0. The van der Waals surface area contributed by atoms with Crippen molar-refractivity contribution in [2.75, 3.05) is 0 Å². The number of oxime groups is 1. The molecule has 58 valence electrons. The Balaban J connectivity index is 4.39. The van der Waals surface area contributed by atoms with Crippen LogP contribution in [0.2, 0.25) is 0 Å². The van der Waals surface area contributed by atoms with Crippen LogP contribution in [0.1, 0.15) is 20.8 Å². The lowest BCUT2D eigenvalue weighted by Crippen LogP contribution is -2.23. The molecule has 10 heavy (non-hydrogen) atoms. The van der Waals surface area contributed by atoms with Crippen molar-refractivity contribution in [1.82, 2.24) is 0 Å². The zero-order chi connectivity index (χ0) is 8.20. The Bertz CT molecular complexity index is 155. The Labute approximate surface area is 60.4 Å². The van der Waals surface area contributed by atoms with E-state index in [-0.39, 0.29) is 5.41 Å². The van der Waals surface area contributed by atoms with Crippen LogP contribution < -0.4 is 5.84 Å². The van der Waals surface area contributed by atoms with Crippen LogP contribution >= 0.6 is 0 Å². The van der Waals surface area contributed by atoms with Crippen molar-refractivity contribution >= 4 is 11.9 Å². The Kier molecular flexibility index (Phi) is 2.86. The lowest BCUT2D eigenvalue weighted by molar-refractivity contribution is 0.322. The summed E-state index contributed by atoms with van der Waals surface area (Å²) in [6.45, 7) is 5.79. The van der Waals surface area contributed by atoms with Crippen molar-refractivity contribution in [2.45, 2.75) is 20.8 Å². The summed E-state index contributed by atoms with van der Waals surface area (Å²) in [7, 11) is 0. The van der Waals surface area contributed by atoms with Gasteiger partial charge in [-0.25, -0.2) is 0 Å². The number of rotatable bonds is 1. The molecule has 4 nitrogen and oxygen atoms in total. The Morgan fingerprint density at radius 3 is 2.10 bits per heavy atom. The number of hydrazone groups is 1. The Hall–Kier alpha value is -1.06. The summed E-state index contributed by atoms with van der Waals surface area (Å²) in [5, 5.41) is 14.5. The SMILES string of the molecule is CC(C)(C)C(/C=N/O)=N/N. The summed E-state index contributed by atoms with van der Waals surface area (Å²) in [6, 6.07) is 0. The van der Waals surface area contributed by atoms with Crippen LogP contribution in [0.15, 0.2) is 10.3 Å². The first kappa shape index (κ1) is 8.94. The highest BCUT2D eigenvalue weighted by Crippen LogP contribution is 2.13. The summed E-state index contributed by atoms with van der Waals surface area (Å²) in [4.78, 5) is 0. The largest absolute Gasteiger partial charge is 0.411 e. The maximum atomic E-state index is 8.16. The summed E-state index contributed by atoms with van der Waals surface area (Å²) >= 11 is 0. The van der Waals surface area contributed by atoms with Gasteiger partial charge in [-0.2, -0.15) is 5.10 Å². The monoisotopic (exact) mass is 143 g/mol. The fraction of sp³-hybridized carbons (Fsp3) is 0.667. The van der Waals surface area contributed by atoms with E-state index < -0.39 is 0 Å². The van der Waals surface area contributed by atoms with Crippen molar-refractivity contribution in [3.8, 4) is 0 Å². The average molecular weight is 143 g/mol. The van der Waals surface area contributed by atoms with Gasteiger partial charge in [-0.05, 0) is 0 Å². The molecule has 3 N–H and O–H groups in total. The molecule has 0 fully saturated rings. The lowest BCUT2D eigenvalue weighted by atomic mass is 9.91. The van der Waals surface area contributed by atoms with E-state index in [9.17, 15) is 0 Å². The van der Waals surface area contributed by atoms with Gasteiger partial charge in [-0.15, -0.1) is 0 Å². The first-order valence-corrected chi connectivity index (χ1v) is 2.98.